The molecule has 0 aliphatic rings. The highest BCUT2D eigenvalue weighted by Gasteiger charge is 2.15. The highest BCUT2D eigenvalue weighted by atomic mass is 32.2. The molecule has 120 valence electrons. The maximum absolute atomic E-state index is 12.0. The first-order chi connectivity index (χ1) is 10.6. The number of hydrogen-bond donors (Lipinski definition) is 2. The maximum atomic E-state index is 12.0. The number of fused-ring (bicyclic) bond motifs is 1. The van der Waals surface area contributed by atoms with E-state index in [2.05, 4.69) is 30.2 Å². The molecular formula is C16H22N2O2S2. The summed E-state index contributed by atoms with van der Waals surface area (Å²) in [5.74, 6) is 1.09. The van der Waals surface area contributed by atoms with E-state index in [4.69, 9.17) is 5.11 Å². The van der Waals surface area contributed by atoms with Crippen molar-refractivity contribution in [2.45, 2.75) is 37.1 Å². The molecule has 2 aromatic rings. The largest absolute Gasteiger partial charge is 0.396 e. The molecular weight excluding hydrogens is 316 g/mol. The third-order valence-corrected chi connectivity index (χ3v) is 5.60. The van der Waals surface area contributed by atoms with Gasteiger partial charge in [-0.25, -0.2) is 4.98 Å². The molecule has 1 heterocycles. The molecule has 0 saturated carbocycles. The average molecular weight is 338 g/mol. The first-order valence-electron chi connectivity index (χ1n) is 7.48. The number of benzene rings is 1. The molecule has 1 unspecified atom stereocenters. The lowest BCUT2D eigenvalue weighted by atomic mass is 10.0. The number of nitrogens with one attached hydrogen (secondary N) is 1. The number of aromatic nitrogens is 1. The molecule has 22 heavy (non-hydrogen) atoms. The van der Waals surface area contributed by atoms with Crippen molar-refractivity contribution in [1.29, 1.82) is 0 Å². The molecule has 0 fully saturated rings. The molecule has 0 saturated heterocycles. The van der Waals surface area contributed by atoms with Gasteiger partial charge in [0.25, 0.3) is 0 Å². The molecule has 0 spiro atoms. The van der Waals surface area contributed by atoms with E-state index in [1.54, 1.807) is 23.1 Å². The van der Waals surface area contributed by atoms with Crippen molar-refractivity contribution in [3.8, 4) is 0 Å². The average Bonchev–Trinajstić information content (AvgIpc) is 2.89. The highest BCUT2D eigenvalue weighted by molar-refractivity contribution is 8.01. The van der Waals surface area contributed by atoms with E-state index in [0.717, 1.165) is 15.6 Å². The van der Waals surface area contributed by atoms with Crippen molar-refractivity contribution in [2.75, 3.05) is 12.4 Å². The van der Waals surface area contributed by atoms with Gasteiger partial charge in [0.15, 0.2) is 4.34 Å². The Kier molecular flexibility index (Phi) is 6.67. The fraction of sp³-hybridized carbons (Fsp3) is 0.500. The molecule has 0 aliphatic carbocycles. The smallest absolute Gasteiger partial charge is 0.221 e. The van der Waals surface area contributed by atoms with Gasteiger partial charge in [0.1, 0.15) is 0 Å². The number of carbonyl (C=O) groups is 1. The van der Waals surface area contributed by atoms with Crippen molar-refractivity contribution in [3.05, 3.63) is 24.3 Å². The number of para-hydroxylation sites is 1. The first-order valence-corrected chi connectivity index (χ1v) is 9.29. The van der Waals surface area contributed by atoms with Crippen LogP contribution in [0.3, 0.4) is 0 Å². The van der Waals surface area contributed by atoms with Gasteiger partial charge in [-0.15, -0.1) is 11.3 Å². The summed E-state index contributed by atoms with van der Waals surface area (Å²) in [4.78, 5) is 16.5. The van der Waals surface area contributed by atoms with Crippen molar-refractivity contribution in [2.24, 2.45) is 5.92 Å². The molecule has 0 bridgehead atoms. The Morgan fingerprint density at radius 3 is 2.86 bits per heavy atom. The van der Waals surface area contributed by atoms with Crippen LogP contribution >= 0.6 is 23.1 Å². The summed E-state index contributed by atoms with van der Waals surface area (Å²) in [5, 5.41) is 12.0. The molecule has 6 heteroatoms. The third kappa shape index (κ3) is 4.97. The third-order valence-electron chi connectivity index (χ3n) is 3.42. The lowest BCUT2D eigenvalue weighted by Crippen LogP contribution is -2.39. The molecule has 2 N–H and O–H groups in total. The van der Waals surface area contributed by atoms with Gasteiger partial charge in [-0.2, -0.15) is 0 Å². The quantitative estimate of drug-likeness (QED) is 0.725. The predicted octanol–water partition coefficient (Wildman–Crippen LogP) is 3.30. The number of carbonyl (C=O) groups excluding carboxylic acids is 1. The summed E-state index contributed by atoms with van der Waals surface area (Å²) < 4.78 is 2.18. The summed E-state index contributed by atoms with van der Waals surface area (Å²) >= 11 is 3.28. The predicted molar refractivity (Wildman–Crippen MR) is 93.4 cm³/mol. The molecule has 1 atom stereocenters. The summed E-state index contributed by atoms with van der Waals surface area (Å²) in [7, 11) is 0. The van der Waals surface area contributed by atoms with Crippen LogP contribution in [0.25, 0.3) is 10.2 Å². The SMILES string of the molecule is CC(C)C(CCO)NC(=O)CCSc1nc2ccccc2s1. The van der Waals surface area contributed by atoms with Gasteiger partial charge in [-0.1, -0.05) is 37.7 Å². The minimum Gasteiger partial charge on any atom is -0.396 e. The zero-order chi connectivity index (χ0) is 15.9. The van der Waals surface area contributed by atoms with E-state index in [1.165, 1.54) is 4.70 Å². The summed E-state index contributed by atoms with van der Waals surface area (Å²) in [6.45, 7) is 4.20. The van der Waals surface area contributed by atoms with Crippen molar-refractivity contribution in [3.63, 3.8) is 0 Å². The van der Waals surface area contributed by atoms with E-state index in [9.17, 15) is 4.79 Å². The van der Waals surface area contributed by atoms with E-state index in [0.29, 0.717) is 18.8 Å². The van der Waals surface area contributed by atoms with Gasteiger partial charge < -0.3 is 10.4 Å². The number of nitrogens with zero attached hydrogens (tertiary/aromatic N) is 1. The summed E-state index contributed by atoms with van der Waals surface area (Å²) in [6, 6.07) is 8.11. The Bertz CT molecular complexity index is 580. The summed E-state index contributed by atoms with van der Waals surface area (Å²) in [6.07, 6.45) is 1.07. The minimum absolute atomic E-state index is 0.0424. The molecule has 1 aromatic heterocycles. The number of rotatable bonds is 8. The second-order valence-corrected chi connectivity index (χ2v) is 7.85. The van der Waals surface area contributed by atoms with Crippen LogP contribution in [-0.2, 0) is 4.79 Å². The zero-order valence-corrected chi connectivity index (χ0v) is 14.5. The van der Waals surface area contributed by atoms with Gasteiger partial charge in [-0.3, -0.25) is 4.79 Å². The van der Waals surface area contributed by atoms with Gasteiger partial charge >= 0.3 is 0 Å². The van der Waals surface area contributed by atoms with Gasteiger partial charge in [0, 0.05) is 24.8 Å². The number of aliphatic hydroxyl groups is 1. The van der Waals surface area contributed by atoms with Crippen molar-refractivity contribution in [1.82, 2.24) is 10.3 Å². The molecule has 4 nitrogen and oxygen atoms in total. The van der Waals surface area contributed by atoms with E-state index >= 15 is 0 Å². The van der Waals surface area contributed by atoms with Crippen molar-refractivity contribution < 1.29 is 9.90 Å². The fourth-order valence-electron chi connectivity index (χ4n) is 2.13. The van der Waals surface area contributed by atoms with Crippen LogP contribution in [0.5, 0.6) is 0 Å². The van der Waals surface area contributed by atoms with Crippen LogP contribution in [-0.4, -0.2) is 34.4 Å². The Labute approximate surface area is 139 Å². The molecule has 1 amide bonds. The second-order valence-electron chi connectivity index (χ2n) is 5.48. The number of aliphatic hydroxyl groups excluding tert-OH is 1. The number of thioether (sulfide) groups is 1. The number of thiazole rings is 1. The topological polar surface area (TPSA) is 62.2 Å². The van der Waals surface area contributed by atoms with Crippen LogP contribution in [0.2, 0.25) is 0 Å². The second kappa shape index (κ2) is 8.50. The highest BCUT2D eigenvalue weighted by Crippen LogP contribution is 2.29. The monoisotopic (exact) mass is 338 g/mol. The maximum Gasteiger partial charge on any atom is 0.221 e. The fourth-order valence-corrected chi connectivity index (χ4v) is 4.21. The van der Waals surface area contributed by atoms with Crippen LogP contribution in [0.1, 0.15) is 26.7 Å². The summed E-state index contributed by atoms with van der Waals surface area (Å²) in [5.41, 5.74) is 1.02. The van der Waals surface area contributed by atoms with Crippen LogP contribution in [0.4, 0.5) is 0 Å². The molecule has 0 aliphatic heterocycles. The Morgan fingerprint density at radius 2 is 2.18 bits per heavy atom. The first kappa shape index (κ1) is 17.2. The Morgan fingerprint density at radius 1 is 1.41 bits per heavy atom. The lowest BCUT2D eigenvalue weighted by Gasteiger charge is -2.21. The zero-order valence-electron chi connectivity index (χ0n) is 12.9. The Balaban J connectivity index is 1.78. The van der Waals surface area contributed by atoms with Gasteiger partial charge in [0.2, 0.25) is 5.91 Å². The molecule has 0 radical (unpaired) electrons. The van der Waals surface area contributed by atoms with Gasteiger partial charge in [0.05, 0.1) is 10.2 Å². The minimum atomic E-state index is 0.0424. The lowest BCUT2D eigenvalue weighted by molar-refractivity contribution is -0.121. The van der Waals surface area contributed by atoms with E-state index in [-0.39, 0.29) is 18.6 Å². The van der Waals surface area contributed by atoms with Crippen LogP contribution in [0, 0.1) is 5.92 Å². The molecule has 2 rings (SSSR count). The Hall–Kier alpha value is -1.11. The van der Waals surface area contributed by atoms with E-state index < -0.39 is 0 Å². The molecule has 1 aromatic carbocycles. The standard InChI is InChI=1S/C16H22N2O2S2/c1-11(2)12(7-9-19)17-15(20)8-10-21-16-18-13-5-3-4-6-14(13)22-16/h3-6,11-12,19H,7-10H2,1-2H3,(H,17,20). The normalized spacial score (nSPS) is 12.7. The van der Waals surface area contributed by atoms with Gasteiger partial charge in [-0.05, 0) is 24.5 Å². The van der Waals surface area contributed by atoms with Crippen LogP contribution in [0.15, 0.2) is 28.6 Å². The van der Waals surface area contributed by atoms with E-state index in [1.807, 2.05) is 18.2 Å². The number of hydrogen-bond acceptors (Lipinski definition) is 5. The van der Waals surface area contributed by atoms with Crippen molar-refractivity contribution >= 4 is 39.2 Å². The number of amides is 1. The van der Waals surface area contributed by atoms with Crippen LogP contribution < -0.4 is 5.32 Å².